The summed E-state index contributed by atoms with van der Waals surface area (Å²) < 4.78 is 38.4. The van der Waals surface area contributed by atoms with Crippen molar-refractivity contribution in [2.24, 2.45) is 11.8 Å². The molecule has 0 aliphatic heterocycles. The summed E-state index contributed by atoms with van der Waals surface area (Å²) in [6, 6.07) is 3.85. The Balaban J connectivity index is 1.95. The molecule has 1 saturated carbocycles. The molecule has 0 saturated heterocycles. The van der Waals surface area contributed by atoms with Crippen LogP contribution in [0.4, 0.5) is 13.2 Å². The van der Waals surface area contributed by atoms with Crippen LogP contribution in [0.25, 0.3) is 0 Å². The Hall–Kier alpha value is -0.770. The average Bonchev–Trinajstić information content (AvgIpc) is 2.40. The third-order valence-electron chi connectivity index (χ3n) is 4.07. The first kappa shape index (κ1) is 15.6. The Morgan fingerprint density at radius 2 is 2.10 bits per heavy atom. The third kappa shape index (κ3) is 4.11. The lowest BCUT2D eigenvalue weighted by Gasteiger charge is -2.32. The Morgan fingerprint density at radius 1 is 1.35 bits per heavy atom. The lowest BCUT2D eigenvalue weighted by atomic mass is 9.78. The zero-order valence-corrected chi connectivity index (χ0v) is 12.2. The van der Waals surface area contributed by atoms with E-state index in [-0.39, 0.29) is 24.1 Å². The van der Waals surface area contributed by atoms with Gasteiger partial charge in [0.2, 0.25) is 0 Å². The minimum atomic E-state index is -4.09. The molecule has 1 aliphatic carbocycles. The van der Waals surface area contributed by atoms with Gasteiger partial charge in [0, 0.05) is 23.7 Å². The van der Waals surface area contributed by atoms with Gasteiger partial charge >= 0.3 is 6.18 Å². The number of hydrogen-bond acceptors (Lipinski definition) is 1. The molecule has 1 aliphatic rings. The van der Waals surface area contributed by atoms with Crippen molar-refractivity contribution in [2.75, 3.05) is 0 Å². The molecule has 2 rings (SSSR count). The molecular weight excluding hydrogens is 287 g/mol. The van der Waals surface area contributed by atoms with Gasteiger partial charge in [0.1, 0.15) is 0 Å². The third-order valence-corrected chi connectivity index (χ3v) is 4.58. The van der Waals surface area contributed by atoms with E-state index in [9.17, 15) is 13.2 Å². The second kappa shape index (κ2) is 6.33. The van der Waals surface area contributed by atoms with Gasteiger partial charge in [-0.3, -0.25) is 4.98 Å². The number of aromatic nitrogens is 1. The van der Waals surface area contributed by atoms with Crippen LogP contribution in [0.1, 0.15) is 36.9 Å². The molecule has 1 aromatic heterocycles. The number of halogens is 4. The van der Waals surface area contributed by atoms with Gasteiger partial charge in [0.15, 0.2) is 0 Å². The van der Waals surface area contributed by atoms with E-state index in [0.717, 1.165) is 17.7 Å². The molecule has 1 nitrogen and oxygen atoms in total. The van der Waals surface area contributed by atoms with Crippen LogP contribution in [0.2, 0.25) is 0 Å². The van der Waals surface area contributed by atoms with Crippen LogP contribution in [0, 0.1) is 18.8 Å². The molecule has 0 radical (unpaired) electrons. The fourth-order valence-corrected chi connectivity index (χ4v) is 3.23. The van der Waals surface area contributed by atoms with Crippen LogP contribution in [-0.4, -0.2) is 16.5 Å². The SMILES string of the molecule is Cc1ccc(CC(Cl)C2CCCC(C(F)(F)F)C2)nc1. The molecule has 20 heavy (non-hydrogen) atoms. The molecule has 0 aromatic carbocycles. The van der Waals surface area contributed by atoms with E-state index in [1.807, 2.05) is 19.1 Å². The standard InChI is InChI=1S/C15H19ClF3N/c1-10-5-6-13(20-9-10)8-14(16)11-3-2-4-12(7-11)15(17,18)19/h5-6,9,11-12,14H,2-4,7-8H2,1H3. The second-order valence-electron chi connectivity index (χ2n) is 5.71. The van der Waals surface area contributed by atoms with Crippen molar-refractivity contribution in [2.45, 2.75) is 50.6 Å². The highest BCUT2D eigenvalue weighted by Gasteiger charge is 2.43. The van der Waals surface area contributed by atoms with Gasteiger partial charge < -0.3 is 0 Å². The topological polar surface area (TPSA) is 12.9 Å². The van der Waals surface area contributed by atoms with Gasteiger partial charge in [-0.2, -0.15) is 13.2 Å². The van der Waals surface area contributed by atoms with Gasteiger partial charge in [-0.25, -0.2) is 0 Å². The smallest absolute Gasteiger partial charge is 0.261 e. The lowest BCUT2D eigenvalue weighted by molar-refractivity contribution is -0.185. The lowest BCUT2D eigenvalue weighted by Crippen LogP contribution is -2.32. The summed E-state index contributed by atoms with van der Waals surface area (Å²) in [7, 11) is 0. The quantitative estimate of drug-likeness (QED) is 0.723. The Kier molecular flexibility index (Phi) is 4.95. The maximum absolute atomic E-state index is 12.8. The summed E-state index contributed by atoms with van der Waals surface area (Å²) in [5.41, 5.74) is 1.92. The molecule has 3 unspecified atom stereocenters. The molecule has 0 bridgehead atoms. The van der Waals surface area contributed by atoms with E-state index >= 15 is 0 Å². The number of aryl methyl sites for hydroxylation is 1. The summed E-state index contributed by atoms with van der Waals surface area (Å²) in [6.45, 7) is 1.95. The molecule has 3 atom stereocenters. The zero-order valence-electron chi connectivity index (χ0n) is 11.5. The monoisotopic (exact) mass is 305 g/mol. The minimum Gasteiger partial charge on any atom is -0.261 e. The molecule has 0 amide bonds. The minimum absolute atomic E-state index is 0.0693. The van der Waals surface area contributed by atoms with Crippen molar-refractivity contribution in [3.63, 3.8) is 0 Å². The van der Waals surface area contributed by atoms with Gasteiger partial charge in [0.25, 0.3) is 0 Å². The predicted molar refractivity (Wildman–Crippen MR) is 73.8 cm³/mol. The Morgan fingerprint density at radius 3 is 2.70 bits per heavy atom. The van der Waals surface area contributed by atoms with E-state index in [1.165, 1.54) is 0 Å². The molecule has 0 spiro atoms. The highest BCUT2D eigenvalue weighted by atomic mass is 35.5. The molecule has 5 heteroatoms. The van der Waals surface area contributed by atoms with Crippen LogP contribution in [0.3, 0.4) is 0 Å². The van der Waals surface area contributed by atoms with Crippen LogP contribution < -0.4 is 0 Å². The van der Waals surface area contributed by atoms with E-state index < -0.39 is 12.1 Å². The van der Waals surface area contributed by atoms with E-state index in [1.54, 1.807) is 6.20 Å². The van der Waals surface area contributed by atoms with Crippen molar-refractivity contribution in [1.29, 1.82) is 0 Å². The highest BCUT2D eigenvalue weighted by Crippen LogP contribution is 2.42. The molecule has 0 N–H and O–H groups in total. The van der Waals surface area contributed by atoms with Crippen LogP contribution in [0.5, 0.6) is 0 Å². The molecule has 112 valence electrons. The summed E-state index contributed by atoms with van der Waals surface area (Å²) >= 11 is 6.34. The summed E-state index contributed by atoms with van der Waals surface area (Å²) in [5, 5.41) is -0.268. The number of alkyl halides is 4. The van der Waals surface area contributed by atoms with E-state index in [2.05, 4.69) is 4.98 Å². The average molecular weight is 306 g/mol. The number of rotatable bonds is 3. The Bertz CT molecular complexity index is 430. The Labute approximate surface area is 122 Å². The molecule has 1 fully saturated rings. The largest absolute Gasteiger partial charge is 0.391 e. The van der Waals surface area contributed by atoms with Gasteiger partial charge in [-0.15, -0.1) is 11.6 Å². The summed E-state index contributed by atoms with van der Waals surface area (Å²) in [4.78, 5) is 4.27. The fraction of sp³-hybridized carbons (Fsp3) is 0.667. The van der Waals surface area contributed by atoms with Crippen molar-refractivity contribution >= 4 is 11.6 Å². The van der Waals surface area contributed by atoms with Gasteiger partial charge in [0.05, 0.1) is 5.92 Å². The van der Waals surface area contributed by atoms with Gasteiger partial charge in [-0.05, 0) is 43.7 Å². The molecule has 1 heterocycles. The molecular formula is C15H19ClF3N. The second-order valence-corrected chi connectivity index (χ2v) is 6.27. The van der Waals surface area contributed by atoms with Crippen LogP contribution >= 0.6 is 11.6 Å². The maximum atomic E-state index is 12.8. The predicted octanol–water partition coefficient (Wildman–Crippen LogP) is 4.91. The van der Waals surface area contributed by atoms with Crippen molar-refractivity contribution in [3.8, 4) is 0 Å². The maximum Gasteiger partial charge on any atom is 0.391 e. The van der Waals surface area contributed by atoms with E-state index in [4.69, 9.17) is 11.6 Å². The van der Waals surface area contributed by atoms with Crippen molar-refractivity contribution in [1.82, 2.24) is 4.98 Å². The fourth-order valence-electron chi connectivity index (χ4n) is 2.84. The summed E-state index contributed by atoms with van der Waals surface area (Å²) in [6.07, 6.45) is 0.00865. The van der Waals surface area contributed by atoms with Crippen molar-refractivity contribution in [3.05, 3.63) is 29.6 Å². The number of nitrogens with zero attached hydrogens (tertiary/aromatic N) is 1. The van der Waals surface area contributed by atoms with Crippen molar-refractivity contribution < 1.29 is 13.2 Å². The zero-order chi connectivity index (χ0) is 14.8. The van der Waals surface area contributed by atoms with Crippen LogP contribution in [0.15, 0.2) is 18.3 Å². The number of hydrogen-bond donors (Lipinski definition) is 0. The summed E-state index contributed by atoms with van der Waals surface area (Å²) in [5.74, 6) is -1.26. The first-order valence-corrected chi connectivity index (χ1v) is 7.42. The normalized spacial score (nSPS) is 25.4. The first-order valence-electron chi connectivity index (χ1n) is 6.98. The highest BCUT2D eigenvalue weighted by molar-refractivity contribution is 6.20. The number of pyridine rings is 1. The molecule has 1 aromatic rings. The van der Waals surface area contributed by atoms with Gasteiger partial charge in [-0.1, -0.05) is 12.5 Å². The van der Waals surface area contributed by atoms with Crippen LogP contribution in [-0.2, 0) is 6.42 Å². The first-order chi connectivity index (χ1) is 9.36. The van der Waals surface area contributed by atoms with E-state index in [0.29, 0.717) is 12.8 Å².